The number of hydrogen-bond donors (Lipinski definition) is 0. The summed E-state index contributed by atoms with van der Waals surface area (Å²) < 4.78 is 21.4. The van der Waals surface area contributed by atoms with Gasteiger partial charge in [-0.1, -0.05) is 36.2 Å². The number of hydrogen-bond acceptors (Lipinski definition) is 9. The molecule has 246 valence electrons. The minimum Gasteiger partial charge on any atom is -0.491 e. The van der Waals surface area contributed by atoms with Gasteiger partial charge >= 0.3 is 5.69 Å². The fourth-order valence-corrected chi connectivity index (χ4v) is 6.40. The normalized spacial score (nSPS) is 20.2. The second-order valence-electron chi connectivity index (χ2n) is 11.6. The molecule has 2 aliphatic rings. The van der Waals surface area contributed by atoms with Crippen molar-refractivity contribution in [2.45, 2.75) is 38.2 Å². The number of isocyanates is 1. The fourth-order valence-electron chi connectivity index (χ4n) is 5.85. The lowest BCUT2D eigenvalue weighted by molar-refractivity contribution is -0.170. The Kier molecular flexibility index (Phi) is 10.0. The highest BCUT2D eigenvalue weighted by Gasteiger charge is 2.45. The van der Waals surface area contributed by atoms with E-state index in [1.165, 1.54) is 4.68 Å². The zero-order chi connectivity index (χ0) is 33.0. The van der Waals surface area contributed by atoms with Gasteiger partial charge in [0.1, 0.15) is 31.3 Å². The van der Waals surface area contributed by atoms with Crippen LogP contribution in [0, 0.1) is 0 Å². The van der Waals surface area contributed by atoms with Crippen LogP contribution in [-0.2, 0) is 20.1 Å². The molecular weight excluding hydrogens is 643 g/mol. The van der Waals surface area contributed by atoms with Crippen LogP contribution in [0.1, 0.15) is 31.9 Å². The van der Waals surface area contributed by atoms with E-state index in [1.807, 2.05) is 38.1 Å². The third-order valence-electron chi connectivity index (χ3n) is 8.67. The molecule has 2 saturated heterocycles. The predicted octanol–water partition coefficient (Wildman–Crippen LogP) is 5.62. The first-order valence-electron chi connectivity index (χ1n) is 15.6. The number of benzene rings is 3. The van der Waals surface area contributed by atoms with Crippen LogP contribution in [0.15, 0.2) is 82.8 Å². The Morgan fingerprint density at radius 2 is 1.64 bits per heavy atom. The van der Waals surface area contributed by atoms with E-state index in [0.29, 0.717) is 21.4 Å². The lowest BCUT2D eigenvalue weighted by atomic mass is 10.1. The number of anilines is 2. The van der Waals surface area contributed by atoms with Gasteiger partial charge in [-0.2, -0.15) is 10.1 Å². The Bertz CT molecular complexity index is 1780. The number of ether oxygens (including phenoxy) is 3. The van der Waals surface area contributed by atoms with Crippen LogP contribution < -0.4 is 20.2 Å². The molecule has 3 aromatic carbocycles. The van der Waals surface area contributed by atoms with Gasteiger partial charge in [0.25, 0.3) is 0 Å². The molecule has 3 heterocycles. The van der Waals surface area contributed by atoms with Crippen molar-refractivity contribution < 1.29 is 19.0 Å². The second-order valence-corrected chi connectivity index (χ2v) is 12.5. The number of aliphatic imine (C=N–C) groups is 1. The first-order chi connectivity index (χ1) is 22.8. The number of piperazine rings is 1. The topological polar surface area (TPSA) is 103 Å². The zero-order valence-electron chi connectivity index (χ0n) is 26.2. The minimum atomic E-state index is -1.32. The number of aromatic nitrogens is 3. The Morgan fingerprint density at radius 1 is 1.00 bits per heavy atom. The highest BCUT2D eigenvalue weighted by atomic mass is 35.5. The van der Waals surface area contributed by atoms with Crippen LogP contribution >= 0.6 is 23.2 Å². The fraction of sp³-hybridized carbons (Fsp3) is 0.382. The molecule has 2 fully saturated rings. The molecule has 3 unspecified atom stereocenters. The zero-order valence-corrected chi connectivity index (χ0v) is 27.7. The van der Waals surface area contributed by atoms with Crippen molar-refractivity contribution in [3.8, 4) is 11.4 Å². The van der Waals surface area contributed by atoms with Gasteiger partial charge in [0, 0.05) is 48.1 Å². The summed E-state index contributed by atoms with van der Waals surface area (Å²) in [4.78, 5) is 32.1. The Balaban J connectivity index is 1.01. The lowest BCUT2D eigenvalue weighted by Crippen LogP contribution is -2.46. The van der Waals surface area contributed by atoms with Gasteiger partial charge in [-0.15, -0.1) is 0 Å². The summed E-state index contributed by atoms with van der Waals surface area (Å²) in [6, 6.07) is 21.1. The van der Waals surface area contributed by atoms with E-state index in [-0.39, 0.29) is 31.5 Å². The maximum atomic E-state index is 12.8. The molecule has 2 aliphatic heterocycles. The van der Waals surface area contributed by atoms with E-state index >= 15 is 0 Å². The molecule has 0 bridgehead atoms. The van der Waals surface area contributed by atoms with E-state index in [4.69, 9.17) is 37.4 Å². The van der Waals surface area contributed by atoms with Gasteiger partial charge in [0.15, 0.2) is 0 Å². The summed E-state index contributed by atoms with van der Waals surface area (Å²) in [7, 11) is 0. The molecule has 0 N–H and O–H groups in total. The highest BCUT2D eigenvalue weighted by molar-refractivity contribution is 6.35. The molecule has 0 radical (unpaired) electrons. The van der Waals surface area contributed by atoms with Crippen molar-refractivity contribution in [2.75, 3.05) is 55.7 Å². The molecule has 0 amide bonds. The summed E-state index contributed by atoms with van der Waals surface area (Å²) >= 11 is 12.5. The van der Waals surface area contributed by atoms with Gasteiger partial charge in [0.05, 0.1) is 23.4 Å². The first kappa shape index (κ1) is 32.8. The first-order valence-corrected chi connectivity index (χ1v) is 16.4. The quantitative estimate of drug-likeness (QED) is 0.149. The van der Waals surface area contributed by atoms with Crippen molar-refractivity contribution in [1.82, 2.24) is 14.3 Å². The van der Waals surface area contributed by atoms with Gasteiger partial charge < -0.3 is 24.0 Å². The summed E-state index contributed by atoms with van der Waals surface area (Å²) in [5, 5.41) is 5.12. The molecular formula is C34H36Cl2N6O5. The van der Waals surface area contributed by atoms with Gasteiger partial charge in [-0.3, -0.25) is 0 Å². The molecule has 0 aliphatic carbocycles. The van der Waals surface area contributed by atoms with E-state index in [1.54, 1.807) is 35.2 Å². The van der Waals surface area contributed by atoms with Crippen LogP contribution in [0.3, 0.4) is 0 Å². The molecule has 13 heteroatoms. The molecule has 47 heavy (non-hydrogen) atoms. The van der Waals surface area contributed by atoms with Crippen LogP contribution in [0.4, 0.5) is 11.4 Å². The molecule has 4 aromatic rings. The maximum Gasteiger partial charge on any atom is 0.350 e. The van der Waals surface area contributed by atoms with Crippen molar-refractivity contribution >= 4 is 40.7 Å². The third-order valence-corrected chi connectivity index (χ3v) is 9.21. The molecule has 0 saturated carbocycles. The van der Waals surface area contributed by atoms with E-state index in [9.17, 15) is 9.59 Å². The average Bonchev–Trinajstić information content (AvgIpc) is 3.70. The predicted molar refractivity (Wildman–Crippen MR) is 181 cm³/mol. The third kappa shape index (κ3) is 7.10. The maximum absolute atomic E-state index is 12.8. The van der Waals surface area contributed by atoms with Crippen molar-refractivity contribution in [3.05, 3.63) is 99.2 Å². The summed E-state index contributed by atoms with van der Waals surface area (Å²) in [6.45, 7) is 7.90. The molecule has 0 spiro atoms. The molecule has 11 nitrogen and oxygen atoms in total. The Morgan fingerprint density at radius 3 is 2.26 bits per heavy atom. The molecule has 6 rings (SSSR count). The smallest absolute Gasteiger partial charge is 0.350 e. The summed E-state index contributed by atoms with van der Waals surface area (Å²) in [5.74, 6) is -0.615. The monoisotopic (exact) mass is 678 g/mol. The van der Waals surface area contributed by atoms with Gasteiger partial charge in [-0.05, 0) is 74.0 Å². The van der Waals surface area contributed by atoms with E-state index in [0.717, 1.165) is 49.7 Å². The largest absolute Gasteiger partial charge is 0.491 e. The SMILES string of the molecule is CCC(C)n1ncn(-c2ccc(N3CCN(c4ccc(OCC5COC(CN=C=O)(c6ccc(Cl)cc6Cl)O5)cc4)CC3)cc2)c1=O. The second kappa shape index (κ2) is 14.3. The van der Waals surface area contributed by atoms with Crippen molar-refractivity contribution in [1.29, 1.82) is 0 Å². The molecule has 1 aromatic heterocycles. The van der Waals surface area contributed by atoms with E-state index in [2.05, 4.69) is 44.2 Å². The summed E-state index contributed by atoms with van der Waals surface area (Å²) in [6.07, 6.45) is 3.57. The lowest BCUT2D eigenvalue weighted by Gasteiger charge is -2.37. The van der Waals surface area contributed by atoms with Gasteiger partial charge in [-0.25, -0.2) is 18.8 Å². The van der Waals surface area contributed by atoms with E-state index < -0.39 is 11.9 Å². The highest BCUT2D eigenvalue weighted by Crippen LogP contribution is 2.39. The van der Waals surface area contributed by atoms with Crippen LogP contribution in [0.2, 0.25) is 10.0 Å². The van der Waals surface area contributed by atoms with Crippen LogP contribution in [-0.4, -0.2) is 72.5 Å². The summed E-state index contributed by atoms with van der Waals surface area (Å²) in [5.41, 5.74) is 3.46. The number of nitrogens with zero attached hydrogens (tertiary/aromatic N) is 6. The average molecular weight is 680 g/mol. The minimum absolute atomic E-state index is 0.0593. The molecule has 3 atom stereocenters. The Labute approximate surface area is 282 Å². The van der Waals surface area contributed by atoms with Crippen LogP contribution in [0.25, 0.3) is 5.69 Å². The van der Waals surface area contributed by atoms with Crippen LogP contribution in [0.5, 0.6) is 5.75 Å². The Hall–Kier alpha value is -4.12. The van der Waals surface area contributed by atoms with Crippen molar-refractivity contribution in [2.24, 2.45) is 4.99 Å². The standard InChI is InChI=1S/C34H36Cl2N6O5/c1-3-24(2)42-33(44)41(22-38-42)28-7-5-26(6-8-28)39-14-16-40(17-15-39)27-9-11-29(12-10-27)45-19-30-20-46-34(47-30,21-37-23-43)31-13-4-25(35)18-32(31)36/h4-13,18,22,24,30H,3,14-17,19-21H2,1-2H3. The van der Waals surface area contributed by atoms with Crippen molar-refractivity contribution in [3.63, 3.8) is 0 Å². The number of carbonyl (C=O) groups excluding carboxylic acids is 1. The number of rotatable bonds is 11. The van der Waals surface area contributed by atoms with Gasteiger partial charge in [0.2, 0.25) is 11.9 Å². The number of halogens is 2.